The number of aliphatic hydroxyl groups excluding tert-OH is 1. The average Bonchev–Trinajstić information content (AvgIpc) is 2.30. The molecular formula is C13H19NO4. The Labute approximate surface area is 106 Å². The lowest BCUT2D eigenvalue weighted by Crippen LogP contribution is -2.31. The molecule has 3 N–H and O–H groups in total. The first-order chi connectivity index (χ1) is 8.49. The van der Waals surface area contributed by atoms with E-state index in [1.807, 2.05) is 0 Å². The fourth-order valence-electron chi connectivity index (χ4n) is 1.83. The summed E-state index contributed by atoms with van der Waals surface area (Å²) in [5.74, 6) is -1.08. The molecule has 0 aromatic heterocycles. The number of ketones is 1. The van der Waals surface area contributed by atoms with Crippen molar-refractivity contribution in [3.05, 3.63) is 23.5 Å². The van der Waals surface area contributed by atoms with Crippen LogP contribution >= 0.6 is 0 Å². The molecule has 5 nitrogen and oxygen atoms in total. The van der Waals surface area contributed by atoms with Crippen molar-refractivity contribution in [2.45, 2.75) is 26.2 Å². The maximum absolute atomic E-state index is 11.1. The number of carboxylic acid groups (broad SMARTS) is 1. The van der Waals surface area contributed by atoms with Crippen LogP contribution in [0.2, 0.25) is 0 Å². The van der Waals surface area contributed by atoms with Crippen molar-refractivity contribution < 1.29 is 19.8 Å². The van der Waals surface area contributed by atoms with Gasteiger partial charge in [0, 0.05) is 13.0 Å². The monoisotopic (exact) mass is 253 g/mol. The number of carbonyl (C=O) groups is 2. The van der Waals surface area contributed by atoms with E-state index < -0.39 is 11.9 Å². The van der Waals surface area contributed by atoms with Gasteiger partial charge >= 0.3 is 5.97 Å². The Bertz CT molecular complexity index is 384. The number of aliphatic carboxylic acids is 1. The van der Waals surface area contributed by atoms with Crippen molar-refractivity contribution in [2.24, 2.45) is 5.92 Å². The van der Waals surface area contributed by atoms with Crippen LogP contribution in [0, 0.1) is 5.92 Å². The van der Waals surface area contributed by atoms with Crippen LogP contribution in [0.15, 0.2) is 23.5 Å². The maximum Gasteiger partial charge on any atom is 0.308 e. The van der Waals surface area contributed by atoms with Gasteiger partial charge in [0.2, 0.25) is 0 Å². The van der Waals surface area contributed by atoms with E-state index in [1.54, 1.807) is 12.2 Å². The summed E-state index contributed by atoms with van der Waals surface area (Å²) in [5.41, 5.74) is 1.02. The summed E-state index contributed by atoms with van der Waals surface area (Å²) in [6.45, 7) is 1.94. The number of hydrogen-bond donors (Lipinski definition) is 3. The van der Waals surface area contributed by atoms with Gasteiger partial charge in [0.15, 0.2) is 0 Å². The first-order valence-electron chi connectivity index (χ1n) is 5.99. The third-order valence-electron chi connectivity index (χ3n) is 2.84. The highest BCUT2D eigenvalue weighted by molar-refractivity contribution is 5.77. The molecule has 1 atom stereocenters. The van der Waals surface area contributed by atoms with E-state index in [0.29, 0.717) is 25.0 Å². The lowest BCUT2D eigenvalue weighted by atomic mass is 9.93. The summed E-state index contributed by atoms with van der Waals surface area (Å²) in [5, 5.41) is 21.2. The summed E-state index contributed by atoms with van der Waals surface area (Å²) in [6.07, 6.45) is 5.10. The standard InChI is InChI=1S/C13H19NO4/c1-9(15)7-14-8-11(13(17)18)6-10-2-4-12(16)5-3-10/h2,4,11,14,16H,3,5-8H2,1H3,(H,17,18). The minimum absolute atomic E-state index is 0.0103. The van der Waals surface area contributed by atoms with E-state index >= 15 is 0 Å². The molecule has 1 rings (SSSR count). The highest BCUT2D eigenvalue weighted by atomic mass is 16.4. The zero-order valence-corrected chi connectivity index (χ0v) is 10.5. The molecule has 5 heteroatoms. The second-order valence-corrected chi connectivity index (χ2v) is 4.56. The van der Waals surface area contributed by atoms with Gasteiger partial charge in [-0.2, -0.15) is 0 Å². The summed E-state index contributed by atoms with van der Waals surface area (Å²) in [7, 11) is 0. The lowest BCUT2D eigenvalue weighted by Gasteiger charge is -2.17. The minimum atomic E-state index is -0.870. The van der Waals surface area contributed by atoms with Crippen molar-refractivity contribution in [1.29, 1.82) is 0 Å². The Hall–Kier alpha value is -1.62. The van der Waals surface area contributed by atoms with Crippen molar-refractivity contribution in [3.63, 3.8) is 0 Å². The molecule has 0 amide bonds. The minimum Gasteiger partial charge on any atom is -0.512 e. The van der Waals surface area contributed by atoms with Gasteiger partial charge in [-0.15, -0.1) is 0 Å². The molecule has 0 radical (unpaired) electrons. The number of carboxylic acids is 1. The Morgan fingerprint density at radius 1 is 1.39 bits per heavy atom. The van der Waals surface area contributed by atoms with E-state index in [0.717, 1.165) is 5.57 Å². The van der Waals surface area contributed by atoms with Crippen LogP contribution in [0.5, 0.6) is 0 Å². The van der Waals surface area contributed by atoms with E-state index in [1.165, 1.54) is 6.92 Å². The van der Waals surface area contributed by atoms with Crippen LogP contribution in [0.3, 0.4) is 0 Å². The molecule has 1 aliphatic carbocycles. The SMILES string of the molecule is CC(=O)CNCC(CC1=CC=C(O)CC1)C(=O)O. The number of rotatable bonds is 7. The number of nitrogens with one attached hydrogen (secondary N) is 1. The van der Waals surface area contributed by atoms with Gasteiger partial charge in [0.25, 0.3) is 0 Å². The summed E-state index contributed by atoms with van der Waals surface area (Å²) in [6, 6.07) is 0. The normalized spacial score (nSPS) is 16.7. The van der Waals surface area contributed by atoms with Crippen LogP contribution in [0.4, 0.5) is 0 Å². The van der Waals surface area contributed by atoms with Crippen LogP contribution in [-0.4, -0.2) is 35.1 Å². The Balaban J connectivity index is 2.48. The molecule has 0 heterocycles. The zero-order valence-electron chi connectivity index (χ0n) is 10.5. The van der Waals surface area contributed by atoms with Crippen molar-refractivity contribution >= 4 is 11.8 Å². The van der Waals surface area contributed by atoms with Gasteiger partial charge in [-0.25, -0.2) is 0 Å². The largest absolute Gasteiger partial charge is 0.512 e. The second-order valence-electron chi connectivity index (χ2n) is 4.56. The van der Waals surface area contributed by atoms with Crippen molar-refractivity contribution in [3.8, 4) is 0 Å². The van der Waals surface area contributed by atoms with Crippen LogP contribution < -0.4 is 5.32 Å². The van der Waals surface area contributed by atoms with Crippen molar-refractivity contribution in [1.82, 2.24) is 5.32 Å². The summed E-state index contributed by atoms with van der Waals surface area (Å²) < 4.78 is 0. The number of hydrogen-bond acceptors (Lipinski definition) is 4. The van der Waals surface area contributed by atoms with E-state index in [4.69, 9.17) is 5.11 Å². The van der Waals surface area contributed by atoms with E-state index in [-0.39, 0.29) is 18.9 Å². The molecule has 0 saturated heterocycles. The van der Waals surface area contributed by atoms with E-state index in [2.05, 4.69) is 5.32 Å². The molecule has 0 fully saturated rings. The van der Waals surface area contributed by atoms with Crippen molar-refractivity contribution in [2.75, 3.05) is 13.1 Å². The number of carbonyl (C=O) groups excluding carboxylic acids is 1. The lowest BCUT2D eigenvalue weighted by molar-refractivity contribution is -0.141. The molecule has 1 unspecified atom stereocenters. The predicted molar refractivity (Wildman–Crippen MR) is 67.3 cm³/mol. The van der Waals surface area contributed by atoms with Crippen LogP contribution in [-0.2, 0) is 9.59 Å². The van der Waals surface area contributed by atoms with E-state index in [9.17, 15) is 14.7 Å². The maximum atomic E-state index is 11.1. The molecule has 0 bridgehead atoms. The molecule has 0 aromatic rings. The molecule has 0 aromatic carbocycles. The number of allylic oxidation sites excluding steroid dienone is 4. The molecule has 18 heavy (non-hydrogen) atoms. The van der Waals surface area contributed by atoms with Gasteiger partial charge < -0.3 is 15.5 Å². The number of aliphatic hydroxyl groups is 1. The fraction of sp³-hybridized carbons (Fsp3) is 0.538. The Morgan fingerprint density at radius 3 is 2.61 bits per heavy atom. The third-order valence-corrected chi connectivity index (χ3v) is 2.84. The van der Waals surface area contributed by atoms with Crippen LogP contribution in [0.25, 0.3) is 0 Å². The fourth-order valence-corrected chi connectivity index (χ4v) is 1.83. The highest BCUT2D eigenvalue weighted by Gasteiger charge is 2.19. The average molecular weight is 253 g/mol. The second kappa shape index (κ2) is 6.96. The predicted octanol–water partition coefficient (Wildman–Crippen LogP) is 1.42. The topological polar surface area (TPSA) is 86.6 Å². The first-order valence-corrected chi connectivity index (χ1v) is 5.99. The molecule has 0 aliphatic heterocycles. The first kappa shape index (κ1) is 14.4. The molecule has 0 spiro atoms. The Morgan fingerprint density at radius 2 is 2.11 bits per heavy atom. The van der Waals surface area contributed by atoms with Gasteiger partial charge in [0.1, 0.15) is 5.78 Å². The molecule has 1 aliphatic rings. The van der Waals surface area contributed by atoms with Gasteiger partial charge in [-0.3, -0.25) is 9.59 Å². The van der Waals surface area contributed by atoms with Gasteiger partial charge in [-0.1, -0.05) is 11.6 Å². The Kier molecular flexibility index (Phi) is 5.58. The number of Topliss-reactive ketones (excluding diaryl/α,β-unsaturated/α-hetero) is 1. The summed E-state index contributed by atoms with van der Waals surface area (Å²) in [4.78, 5) is 21.9. The van der Waals surface area contributed by atoms with Gasteiger partial charge in [-0.05, 0) is 25.8 Å². The summed E-state index contributed by atoms with van der Waals surface area (Å²) >= 11 is 0. The van der Waals surface area contributed by atoms with Gasteiger partial charge in [0.05, 0.1) is 18.2 Å². The molecule has 0 saturated carbocycles. The quantitative estimate of drug-likeness (QED) is 0.638. The smallest absolute Gasteiger partial charge is 0.308 e. The highest BCUT2D eigenvalue weighted by Crippen LogP contribution is 2.22. The molecule has 100 valence electrons. The molecular weight excluding hydrogens is 234 g/mol. The zero-order chi connectivity index (χ0) is 13.5. The van der Waals surface area contributed by atoms with Crippen LogP contribution in [0.1, 0.15) is 26.2 Å². The third kappa shape index (κ3) is 5.14.